The number of hydrogen-bond acceptors (Lipinski definition) is 4. The molecule has 0 saturated carbocycles. The maximum absolute atomic E-state index is 5.84. The molecular weight excluding hydrogens is 242 g/mol. The molecule has 96 valence electrons. The Bertz CT molecular complexity index is 538. The van der Waals surface area contributed by atoms with Crippen molar-refractivity contribution in [3.63, 3.8) is 0 Å². The zero-order valence-electron chi connectivity index (χ0n) is 11.3. The zero-order chi connectivity index (χ0) is 13.3. The van der Waals surface area contributed by atoms with Crippen molar-refractivity contribution in [2.45, 2.75) is 39.2 Å². The van der Waals surface area contributed by atoms with E-state index in [0.717, 1.165) is 15.6 Å². The third-order valence-electron chi connectivity index (χ3n) is 2.80. The third kappa shape index (κ3) is 2.60. The summed E-state index contributed by atoms with van der Waals surface area (Å²) in [5.74, 6) is 0. The van der Waals surface area contributed by atoms with E-state index in [-0.39, 0.29) is 11.5 Å². The molecule has 3 nitrogen and oxygen atoms in total. The van der Waals surface area contributed by atoms with Gasteiger partial charge < -0.3 is 5.73 Å². The summed E-state index contributed by atoms with van der Waals surface area (Å²) in [6.45, 7) is 8.55. The average molecular weight is 261 g/mol. The Kier molecular flexibility index (Phi) is 3.50. The van der Waals surface area contributed by atoms with Crippen LogP contribution in [0.25, 0.3) is 10.6 Å². The van der Waals surface area contributed by atoms with Gasteiger partial charge in [-0.15, -0.1) is 10.2 Å². The average Bonchev–Trinajstić information content (AvgIpc) is 2.77. The number of nitrogens with zero attached hydrogens (tertiary/aromatic N) is 2. The molecule has 0 bridgehead atoms. The van der Waals surface area contributed by atoms with Gasteiger partial charge in [0.05, 0.1) is 6.04 Å². The number of rotatable bonds is 2. The number of nitrogens with two attached hydrogens (primary N) is 1. The fourth-order valence-electron chi connectivity index (χ4n) is 1.85. The molecule has 0 aliphatic heterocycles. The number of hydrogen-bond donors (Lipinski definition) is 1. The first kappa shape index (κ1) is 13.2. The normalized spacial score (nSPS) is 13.6. The maximum Gasteiger partial charge on any atom is 0.148 e. The van der Waals surface area contributed by atoms with Crippen LogP contribution in [0.5, 0.6) is 0 Å². The molecule has 2 aromatic rings. The van der Waals surface area contributed by atoms with Crippen LogP contribution in [0.15, 0.2) is 24.3 Å². The molecule has 0 fully saturated rings. The molecule has 18 heavy (non-hydrogen) atoms. The summed E-state index contributed by atoms with van der Waals surface area (Å²) in [5, 5.41) is 10.3. The highest BCUT2D eigenvalue weighted by Crippen LogP contribution is 2.34. The van der Waals surface area contributed by atoms with E-state index in [1.165, 1.54) is 5.56 Å². The van der Waals surface area contributed by atoms with Crippen molar-refractivity contribution < 1.29 is 0 Å². The largest absolute Gasteiger partial charge is 0.322 e. The van der Waals surface area contributed by atoms with Crippen LogP contribution in [-0.4, -0.2) is 10.2 Å². The quantitative estimate of drug-likeness (QED) is 0.899. The second-order valence-corrected chi connectivity index (χ2v) is 6.54. The van der Waals surface area contributed by atoms with Crippen LogP contribution < -0.4 is 5.73 Å². The van der Waals surface area contributed by atoms with Gasteiger partial charge in [0, 0.05) is 5.56 Å². The Morgan fingerprint density at radius 3 is 2.39 bits per heavy atom. The summed E-state index contributed by atoms with van der Waals surface area (Å²) < 4.78 is 0. The van der Waals surface area contributed by atoms with Crippen LogP contribution >= 0.6 is 11.3 Å². The van der Waals surface area contributed by atoms with Crippen molar-refractivity contribution in [2.24, 2.45) is 5.73 Å². The van der Waals surface area contributed by atoms with Gasteiger partial charge in [-0.3, -0.25) is 0 Å². The Morgan fingerprint density at radius 2 is 1.83 bits per heavy atom. The molecule has 0 amide bonds. The molecule has 1 atom stereocenters. The van der Waals surface area contributed by atoms with Crippen LogP contribution in [0.4, 0.5) is 0 Å². The summed E-state index contributed by atoms with van der Waals surface area (Å²) in [6.07, 6.45) is 0. The maximum atomic E-state index is 5.84. The lowest BCUT2D eigenvalue weighted by atomic mass is 9.84. The van der Waals surface area contributed by atoms with Gasteiger partial charge in [0.15, 0.2) is 0 Å². The molecule has 1 heterocycles. The molecule has 1 unspecified atom stereocenters. The van der Waals surface area contributed by atoms with Crippen LogP contribution in [0, 0.1) is 0 Å². The number of benzene rings is 1. The van der Waals surface area contributed by atoms with E-state index < -0.39 is 0 Å². The fourth-order valence-corrected chi connectivity index (χ4v) is 2.69. The van der Waals surface area contributed by atoms with Crippen LogP contribution in [-0.2, 0) is 5.41 Å². The highest BCUT2D eigenvalue weighted by Gasteiger charge is 2.20. The lowest BCUT2D eigenvalue weighted by Gasteiger charge is -2.21. The second kappa shape index (κ2) is 4.78. The van der Waals surface area contributed by atoms with E-state index in [4.69, 9.17) is 5.73 Å². The highest BCUT2D eigenvalue weighted by molar-refractivity contribution is 7.14. The first-order chi connectivity index (χ1) is 8.39. The SMILES string of the molecule is CC(N)c1nnc(-c2ccccc2C(C)(C)C)s1. The minimum atomic E-state index is -0.0574. The summed E-state index contributed by atoms with van der Waals surface area (Å²) >= 11 is 1.58. The van der Waals surface area contributed by atoms with E-state index in [2.05, 4.69) is 49.2 Å². The Morgan fingerprint density at radius 1 is 1.17 bits per heavy atom. The lowest BCUT2D eigenvalue weighted by molar-refractivity contribution is 0.592. The number of aromatic nitrogens is 2. The molecule has 4 heteroatoms. The van der Waals surface area contributed by atoms with Gasteiger partial charge in [0.2, 0.25) is 0 Å². The molecule has 0 saturated heterocycles. The van der Waals surface area contributed by atoms with E-state index in [1.807, 2.05) is 13.0 Å². The van der Waals surface area contributed by atoms with E-state index in [0.29, 0.717) is 0 Å². The van der Waals surface area contributed by atoms with E-state index >= 15 is 0 Å². The Balaban J connectivity index is 2.50. The van der Waals surface area contributed by atoms with Gasteiger partial charge in [0.1, 0.15) is 10.0 Å². The molecule has 2 N–H and O–H groups in total. The monoisotopic (exact) mass is 261 g/mol. The molecule has 1 aromatic heterocycles. The van der Waals surface area contributed by atoms with Crippen molar-refractivity contribution >= 4 is 11.3 Å². The Hall–Kier alpha value is -1.26. The van der Waals surface area contributed by atoms with Gasteiger partial charge >= 0.3 is 0 Å². The topological polar surface area (TPSA) is 51.8 Å². The Labute approximate surface area is 112 Å². The summed E-state index contributed by atoms with van der Waals surface area (Å²) in [6, 6.07) is 8.31. The molecule has 2 rings (SSSR count). The first-order valence-electron chi connectivity index (χ1n) is 6.08. The van der Waals surface area contributed by atoms with Crippen LogP contribution in [0.2, 0.25) is 0 Å². The molecule has 0 radical (unpaired) electrons. The highest BCUT2D eigenvalue weighted by atomic mass is 32.1. The van der Waals surface area contributed by atoms with Crippen molar-refractivity contribution in [1.82, 2.24) is 10.2 Å². The molecule has 0 aliphatic carbocycles. The third-order valence-corrected chi connectivity index (χ3v) is 3.95. The minimum absolute atomic E-state index is 0.0574. The zero-order valence-corrected chi connectivity index (χ0v) is 12.1. The van der Waals surface area contributed by atoms with E-state index in [9.17, 15) is 0 Å². The summed E-state index contributed by atoms with van der Waals surface area (Å²) in [7, 11) is 0. The van der Waals surface area contributed by atoms with Gasteiger partial charge in [0.25, 0.3) is 0 Å². The van der Waals surface area contributed by atoms with E-state index in [1.54, 1.807) is 11.3 Å². The van der Waals surface area contributed by atoms with Gasteiger partial charge in [-0.2, -0.15) is 0 Å². The van der Waals surface area contributed by atoms with Crippen molar-refractivity contribution in [3.8, 4) is 10.6 Å². The fraction of sp³-hybridized carbons (Fsp3) is 0.429. The van der Waals surface area contributed by atoms with Crippen molar-refractivity contribution in [3.05, 3.63) is 34.8 Å². The van der Waals surface area contributed by atoms with Gasteiger partial charge in [-0.05, 0) is 17.9 Å². The lowest BCUT2D eigenvalue weighted by Crippen LogP contribution is -2.12. The minimum Gasteiger partial charge on any atom is -0.322 e. The predicted octanol–water partition coefficient (Wildman–Crippen LogP) is 3.52. The van der Waals surface area contributed by atoms with Crippen molar-refractivity contribution in [2.75, 3.05) is 0 Å². The molecular formula is C14H19N3S. The molecule has 0 spiro atoms. The standard InChI is InChI=1S/C14H19N3S/c1-9(15)12-16-17-13(18-12)10-7-5-6-8-11(10)14(2,3)4/h5-9H,15H2,1-4H3. The van der Waals surface area contributed by atoms with Gasteiger partial charge in [-0.25, -0.2) is 0 Å². The van der Waals surface area contributed by atoms with Crippen LogP contribution in [0.3, 0.4) is 0 Å². The smallest absolute Gasteiger partial charge is 0.148 e. The van der Waals surface area contributed by atoms with Crippen LogP contribution in [0.1, 0.15) is 44.3 Å². The van der Waals surface area contributed by atoms with Crippen molar-refractivity contribution in [1.29, 1.82) is 0 Å². The summed E-state index contributed by atoms with van der Waals surface area (Å²) in [5.41, 5.74) is 8.38. The van der Waals surface area contributed by atoms with Gasteiger partial charge in [-0.1, -0.05) is 56.4 Å². The second-order valence-electron chi connectivity index (χ2n) is 5.53. The first-order valence-corrected chi connectivity index (χ1v) is 6.90. The molecule has 1 aromatic carbocycles. The molecule has 0 aliphatic rings. The summed E-state index contributed by atoms with van der Waals surface area (Å²) in [4.78, 5) is 0. The predicted molar refractivity (Wildman–Crippen MR) is 76.6 cm³/mol.